The molecule has 0 unspecified atom stereocenters. The molecule has 0 atom stereocenters. The van der Waals surface area contributed by atoms with Gasteiger partial charge in [0.1, 0.15) is 27.4 Å². The van der Waals surface area contributed by atoms with Gasteiger partial charge in [0, 0.05) is 64.7 Å². The zero-order chi connectivity index (χ0) is 24.0. The van der Waals surface area contributed by atoms with Crippen molar-refractivity contribution in [3.05, 3.63) is 88.7 Å². The monoisotopic (exact) mass is 520 g/mol. The second-order valence-corrected chi connectivity index (χ2v) is 10.3. The normalized spacial score (nSPS) is 12.9. The quantitative estimate of drug-likeness (QED) is 0.376. The Balaban J connectivity index is 0.00000289. The average Bonchev–Trinajstić information content (AvgIpc) is 3.38. The molecule has 0 aliphatic carbocycles. The van der Waals surface area contributed by atoms with Crippen molar-refractivity contribution >= 4 is 33.0 Å². The fourth-order valence-electron chi connectivity index (χ4n) is 3.60. The number of carbonyl (C=O) groups is 1. The predicted molar refractivity (Wildman–Crippen MR) is 123 cm³/mol. The molecule has 1 aliphatic heterocycles. The molecular formula is C23H15F2N4NaO3S2. The summed E-state index contributed by atoms with van der Waals surface area (Å²) < 4.78 is 55.8. The van der Waals surface area contributed by atoms with Crippen molar-refractivity contribution in [1.82, 2.24) is 14.9 Å². The van der Waals surface area contributed by atoms with Gasteiger partial charge in [-0.15, -0.1) is 17.0 Å². The van der Waals surface area contributed by atoms with Crippen LogP contribution in [-0.2, 0) is 16.6 Å². The summed E-state index contributed by atoms with van der Waals surface area (Å²) in [5.41, 5.74) is 2.82. The SMILES string of the molecule is CN1Cc2cc(-c3ccc(-c4cncc([N-]S(=O)(=O)c5ccc(F)cc5F)c4)s3)cnc2C1=O.[Na+]. The van der Waals surface area contributed by atoms with Crippen molar-refractivity contribution in [1.29, 1.82) is 0 Å². The topological polar surface area (TPSA) is 94.3 Å². The molecule has 0 N–H and O–H groups in total. The van der Waals surface area contributed by atoms with Gasteiger partial charge in [0.15, 0.2) is 0 Å². The molecule has 35 heavy (non-hydrogen) atoms. The Labute approximate surface area is 226 Å². The van der Waals surface area contributed by atoms with Crippen LogP contribution in [0.2, 0.25) is 0 Å². The Morgan fingerprint density at radius 1 is 1.00 bits per heavy atom. The Hall–Kier alpha value is -2.70. The summed E-state index contributed by atoms with van der Waals surface area (Å²) in [7, 11) is -2.68. The number of benzene rings is 1. The molecule has 172 valence electrons. The molecule has 1 aliphatic rings. The van der Waals surface area contributed by atoms with E-state index in [1.165, 1.54) is 23.6 Å². The number of nitrogens with zero attached hydrogens (tertiary/aromatic N) is 4. The summed E-state index contributed by atoms with van der Waals surface area (Å²) in [5, 5.41) is 0. The van der Waals surface area contributed by atoms with Crippen LogP contribution in [0.4, 0.5) is 14.5 Å². The number of rotatable bonds is 5. The van der Waals surface area contributed by atoms with Gasteiger partial charge in [0.05, 0.1) is 4.90 Å². The van der Waals surface area contributed by atoms with Crippen LogP contribution in [-0.4, -0.2) is 36.2 Å². The molecule has 0 saturated heterocycles. The van der Waals surface area contributed by atoms with E-state index in [4.69, 9.17) is 0 Å². The van der Waals surface area contributed by atoms with E-state index < -0.39 is 26.6 Å². The van der Waals surface area contributed by atoms with Gasteiger partial charge in [0.2, 0.25) is 0 Å². The molecule has 0 fully saturated rings. The van der Waals surface area contributed by atoms with E-state index in [0.717, 1.165) is 33.0 Å². The summed E-state index contributed by atoms with van der Waals surface area (Å²) in [6.07, 6.45) is 4.46. The van der Waals surface area contributed by atoms with Gasteiger partial charge >= 0.3 is 29.6 Å². The van der Waals surface area contributed by atoms with Gasteiger partial charge in [-0.2, -0.15) is 0 Å². The first-order valence-corrected chi connectivity index (χ1v) is 12.2. The van der Waals surface area contributed by atoms with Gasteiger partial charge in [-0.05, 0) is 30.3 Å². The van der Waals surface area contributed by atoms with E-state index in [0.29, 0.717) is 23.9 Å². The van der Waals surface area contributed by atoms with Crippen LogP contribution >= 0.6 is 11.3 Å². The van der Waals surface area contributed by atoms with Crippen molar-refractivity contribution in [2.45, 2.75) is 11.4 Å². The molecule has 12 heteroatoms. The number of amides is 1. The summed E-state index contributed by atoms with van der Waals surface area (Å²) in [6.45, 7) is 0.504. The van der Waals surface area contributed by atoms with Gasteiger partial charge in [-0.3, -0.25) is 14.8 Å². The van der Waals surface area contributed by atoms with Gasteiger partial charge in [-0.25, -0.2) is 17.2 Å². The Morgan fingerprint density at radius 2 is 1.71 bits per heavy atom. The zero-order valence-corrected chi connectivity index (χ0v) is 22.2. The van der Waals surface area contributed by atoms with E-state index in [1.807, 2.05) is 18.2 Å². The number of carbonyl (C=O) groups excluding carboxylic acids is 1. The largest absolute Gasteiger partial charge is 1.00 e. The third kappa shape index (κ3) is 5.00. The van der Waals surface area contributed by atoms with E-state index in [1.54, 1.807) is 24.3 Å². The summed E-state index contributed by atoms with van der Waals surface area (Å²) in [5.74, 6) is -2.20. The number of pyridine rings is 2. The first-order valence-electron chi connectivity index (χ1n) is 9.94. The first-order chi connectivity index (χ1) is 16.2. The molecule has 4 heterocycles. The number of halogens is 2. The minimum atomic E-state index is -4.41. The standard InChI is InChI=1S/C23H15F2N4O3S2.Na/c1-29-12-15-6-13(10-27-22(15)23(29)30)19-3-4-20(33-19)14-7-17(11-26-9-14)28-34(31,32)21-5-2-16(24)8-18(21)25;/h2-11H,12H2,1H3;/q-1;+1. The average molecular weight is 521 g/mol. The van der Waals surface area contributed by atoms with Crippen LogP contribution < -0.4 is 29.6 Å². The molecule has 4 aromatic rings. The maximum atomic E-state index is 14.0. The molecule has 3 aromatic heterocycles. The van der Waals surface area contributed by atoms with Crippen LogP contribution in [0.15, 0.2) is 66.0 Å². The van der Waals surface area contributed by atoms with Gasteiger partial charge in [-0.1, -0.05) is 6.07 Å². The third-order valence-electron chi connectivity index (χ3n) is 5.22. The summed E-state index contributed by atoms with van der Waals surface area (Å²) in [4.78, 5) is 23.0. The van der Waals surface area contributed by atoms with E-state index >= 15 is 0 Å². The number of hydrogen-bond acceptors (Lipinski definition) is 6. The summed E-state index contributed by atoms with van der Waals surface area (Å²) >= 11 is 1.44. The van der Waals surface area contributed by atoms with E-state index in [9.17, 15) is 22.0 Å². The van der Waals surface area contributed by atoms with Gasteiger partial charge in [0.25, 0.3) is 5.91 Å². The fourth-order valence-corrected chi connectivity index (χ4v) is 5.59. The molecular weight excluding hydrogens is 505 g/mol. The molecule has 1 amide bonds. The molecule has 0 radical (unpaired) electrons. The van der Waals surface area contributed by atoms with Crippen molar-refractivity contribution in [3.63, 3.8) is 0 Å². The molecule has 7 nitrogen and oxygen atoms in total. The van der Waals surface area contributed by atoms with Crippen LogP contribution in [0.1, 0.15) is 16.1 Å². The van der Waals surface area contributed by atoms with Crippen molar-refractivity contribution in [2.24, 2.45) is 0 Å². The first kappa shape index (κ1) is 25.4. The van der Waals surface area contributed by atoms with Crippen molar-refractivity contribution in [2.75, 3.05) is 7.05 Å². The number of sulfonamides is 1. The second-order valence-electron chi connectivity index (χ2n) is 7.63. The molecule has 5 rings (SSSR count). The van der Waals surface area contributed by atoms with Crippen LogP contribution in [0.3, 0.4) is 0 Å². The molecule has 0 bridgehead atoms. The molecule has 0 spiro atoms. The second kappa shape index (κ2) is 9.75. The Bertz CT molecular complexity index is 1560. The third-order valence-corrected chi connectivity index (χ3v) is 7.74. The molecule has 0 saturated carbocycles. The van der Waals surface area contributed by atoms with Gasteiger partial charge < -0.3 is 9.62 Å². The zero-order valence-electron chi connectivity index (χ0n) is 18.6. The maximum Gasteiger partial charge on any atom is 1.00 e. The minimum absolute atomic E-state index is 0. The Kier molecular flexibility index (Phi) is 7.07. The summed E-state index contributed by atoms with van der Waals surface area (Å²) in [6, 6.07) is 9.41. The Morgan fingerprint density at radius 3 is 2.43 bits per heavy atom. The minimum Gasteiger partial charge on any atom is -0.571 e. The number of thiophene rings is 1. The van der Waals surface area contributed by atoms with Crippen molar-refractivity contribution < 1.29 is 51.6 Å². The van der Waals surface area contributed by atoms with Crippen LogP contribution in [0, 0.1) is 11.6 Å². The molecule has 1 aromatic carbocycles. The van der Waals surface area contributed by atoms with E-state index in [-0.39, 0.29) is 41.2 Å². The van der Waals surface area contributed by atoms with Crippen LogP contribution in [0.25, 0.3) is 25.6 Å². The maximum absolute atomic E-state index is 14.0. The van der Waals surface area contributed by atoms with E-state index in [2.05, 4.69) is 14.7 Å². The number of hydrogen-bond donors (Lipinski definition) is 0. The number of aromatic nitrogens is 2. The number of fused-ring (bicyclic) bond motifs is 1. The van der Waals surface area contributed by atoms with Crippen LogP contribution in [0.5, 0.6) is 0 Å². The predicted octanol–water partition coefficient (Wildman–Crippen LogP) is 2.13. The smallest absolute Gasteiger partial charge is 0.571 e. The van der Waals surface area contributed by atoms with Crippen molar-refractivity contribution in [3.8, 4) is 20.9 Å². The fraction of sp³-hybridized carbons (Fsp3) is 0.0870.